The Balaban J connectivity index is 1.85. The lowest BCUT2D eigenvalue weighted by Gasteiger charge is -2.47. The van der Waals surface area contributed by atoms with E-state index in [0.717, 1.165) is 19.3 Å². The van der Waals surface area contributed by atoms with E-state index in [-0.39, 0.29) is 34.0 Å². The number of halogens is 2. The second-order valence-electron chi connectivity index (χ2n) is 9.88. The van der Waals surface area contributed by atoms with Crippen LogP contribution in [0.2, 0.25) is 23.3 Å². The highest BCUT2D eigenvalue weighted by molar-refractivity contribution is 7.98. The van der Waals surface area contributed by atoms with Gasteiger partial charge < -0.3 is 14.1 Å². The lowest BCUT2D eigenvalue weighted by atomic mass is 9.89. The third-order valence-electron chi connectivity index (χ3n) is 6.89. The summed E-state index contributed by atoms with van der Waals surface area (Å²) in [7, 11) is -0.0207. The smallest absolute Gasteiger partial charge is 0.228 e. The zero-order valence-electron chi connectivity index (χ0n) is 19.1. The summed E-state index contributed by atoms with van der Waals surface area (Å²) < 4.78 is 28.2. The van der Waals surface area contributed by atoms with Crippen LogP contribution in [0.5, 0.6) is 5.88 Å². The highest BCUT2D eigenvalue weighted by atomic mass is 35.5. The molecular formula is C21H30ClFN4O2SSi. The van der Waals surface area contributed by atoms with Crippen LogP contribution in [0.25, 0.3) is 10.9 Å². The molecule has 1 aliphatic heterocycles. The van der Waals surface area contributed by atoms with Crippen molar-refractivity contribution in [2.24, 2.45) is 0 Å². The van der Waals surface area contributed by atoms with Gasteiger partial charge in [0.15, 0.2) is 24.4 Å². The number of hydrogen-bond donors (Lipinski definition) is 0. The third-order valence-corrected chi connectivity index (χ3v) is 12.2. The molecule has 0 bridgehead atoms. The van der Waals surface area contributed by atoms with Gasteiger partial charge in [-0.25, -0.2) is 14.4 Å². The predicted octanol–water partition coefficient (Wildman–Crippen LogP) is 5.68. The molecule has 3 atom stereocenters. The summed E-state index contributed by atoms with van der Waals surface area (Å²) in [5.74, 6) is 0.275. The number of fused-ring (bicyclic) bond motifs is 1. The Bertz CT molecular complexity index is 1020. The van der Waals surface area contributed by atoms with Crippen molar-refractivity contribution in [3.8, 4) is 5.88 Å². The zero-order chi connectivity index (χ0) is 22.7. The number of hydrogen-bond acceptors (Lipinski definition) is 7. The number of nitrogens with zero attached hydrogens (tertiary/aromatic N) is 4. The number of likely N-dealkylation sites (N-methyl/N-ethyl adjacent to an activating group) is 1. The van der Waals surface area contributed by atoms with Crippen LogP contribution in [0.1, 0.15) is 40.0 Å². The number of pyridine rings is 1. The SMILES string of the molecule is CSc1nc2c3c(nc(Cl)c(F)c3n1)O[C@@H]1CCC[C@H](O[Si](C)(C)C(C)(C)C)[C@H]1N2C. The monoisotopic (exact) mass is 484 g/mol. The lowest BCUT2D eigenvalue weighted by molar-refractivity contribution is 0.0353. The van der Waals surface area contributed by atoms with Gasteiger partial charge in [0, 0.05) is 7.05 Å². The van der Waals surface area contributed by atoms with E-state index in [1.54, 1.807) is 0 Å². The molecule has 170 valence electrons. The molecule has 3 heterocycles. The van der Waals surface area contributed by atoms with Gasteiger partial charge in [-0.05, 0) is 43.7 Å². The van der Waals surface area contributed by atoms with Crippen molar-refractivity contribution in [3.63, 3.8) is 0 Å². The average molecular weight is 485 g/mol. The normalized spacial score (nSPS) is 24.0. The van der Waals surface area contributed by atoms with E-state index in [2.05, 4.69) is 48.7 Å². The molecule has 1 saturated carbocycles. The molecule has 4 rings (SSSR count). The molecule has 0 radical (unpaired) electrons. The highest BCUT2D eigenvalue weighted by Crippen LogP contribution is 2.45. The fourth-order valence-electron chi connectivity index (χ4n) is 4.21. The third kappa shape index (κ3) is 3.91. The van der Waals surface area contributed by atoms with Crippen molar-refractivity contribution in [2.45, 2.75) is 81.6 Å². The van der Waals surface area contributed by atoms with Gasteiger partial charge in [0.2, 0.25) is 5.88 Å². The molecule has 0 amide bonds. The van der Waals surface area contributed by atoms with Crippen LogP contribution in [-0.2, 0) is 4.43 Å². The minimum absolute atomic E-state index is 0.0120. The van der Waals surface area contributed by atoms with Gasteiger partial charge in [-0.2, -0.15) is 4.98 Å². The Kier molecular flexibility index (Phi) is 5.94. The van der Waals surface area contributed by atoms with Crippen LogP contribution in [0, 0.1) is 5.82 Å². The van der Waals surface area contributed by atoms with Crippen molar-refractivity contribution in [3.05, 3.63) is 11.0 Å². The standard InChI is InChI=1S/C21H30ClFN4O2SSi/c1-21(2,3)31(6,7)29-12-10-8-9-11-16(12)27(4)18-13-15(24-20(26-18)30-5)14(23)17(22)25-19(13)28-11/h11-12,16H,8-10H2,1-7H3/t11-,12+,16+/m1/s1. The molecule has 0 unspecified atom stereocenters. The zero-order valence-corrected chi connectivity index (χ0v) is 21.7. The van der Waals surface area contributed by atoms with Crippen LogP contribution < -0.4 is 9.64 Å². The van der Waals surface area contributed by atoms with E-state index < -0.39 is 14.1 Å². The van der Waals surface area contributed by atoms with E-state index in [0.29, 0.717) is 22.2 Å². The fourth-order valence-corrected chi connectivity index (χ4v) is 6.10. The Morgan fingerprint density at radius 3 is 2.58 bits per heavy atom. The fraction of sp³-hybridized carbons (Fsp3) is 0.667. The van der Waals surface area contributed by atoms with Gasteiger partial charge >= 0.3 is 0 Å². The van der Waals surface area contributed by atoms with Gasteiger partial charge in [-0.1, -0.05) is 44.1 Å². The maximum atomic E-state index is 14.9. The maximum Gasteiger partial charge on any atom is 0.228 e. The largest absolute Gasteiger partial charge is 0.471 e. The van der Waals surface area contributed by atoms with Gasteiger partial charge in [-0.15, -0.1) is 0 Å². The molecule has 0 spiro atoms. The van der Waals surface area contributed by atoms with Crippen molar-refractivity contribution in [2.75, 3.05) is 18.2 Å². The van der Waals surface area contributed by atoms with Crippen molar-refractivity contribution >= 4 is 48.4 Å². The first-order chi connectivity index (χ1) is 14.4. The van der Waals surface area contributed by atoms with Crippen LogP contribution in [0.15, 0.2) is 5.16 Å². The van der Waals surface area contributed by atoms with Gasteiger partial charge in [-0.3, -0.25) is 0 Å². The number of thioether (sulfide) groups is 1. The van der Waals surface area contributed by atoms with Crippen molar-refractivity contribution in [1.29, 1.82) is 0 Å². The summed E-state index contributed by atoms with van der Waals surface area (Å²) in [5.41, 5.74) is 0.150. The van der Waals surface area contributed by atoms with Crippen molar-refractivity contribution in [1.82, 2.24) is 15.0 Å². The summed E-state index contributed by atoms with van der Waals surface area (Å²) >= 11 is 7.47. The summed E-state index contributed by atoms with van der Waals surface area (Å²) in [5, 5.41) is 0.824. The summed E-state index contributed by atoms with van der Waals surface area (Å²) in [6.45, 7) is 11.3. The lowest BCUT2D eigenvalue weighted by Crippen LogP contribution is -2.58. The minimum atomic E-state index is -2.01. The first kappa shape index (κ1) is 23.0. The number of ether oxygens (including phenoxy) is 1. The van der Waals surface area contributed by atoms with Crippen LogP contribution in [0.3, 0.4) is 0 Å². The topological polar surface area (TPSA) is 60.4 Å². The molecule has 2 aromatic heterocycles. The molecule has 6 nitrogen and oxygen atoms in total. The first-order valence-electron chi connectivity index (χ1n) is 10.6. The van der Waals surface area contributed by atoms with Crippen LogP contribution in [-0.4, -0.2) is 54.8 Å². The summed E-state index contributed by atoms with van der Waals surface area (Å²) in [6, 6.07) is -0.0632. The van der Waals surface area contributed by atoms with E-state index in [1.807, 2.05) is 13.3 Å². The predicted molar refractivity (Wildman–Crippen MR) is 127 cm³/mol. The Labute approximate surface area is 193 Å². The van der Waals surface area contributed by atoms with Gasteiger partial charge in [0.1, 0.15) is 22.8 Å². The molecule has 1 fully saturated rings. The quantitative estimate of drug-likeness (QED) is 0.240. The van der Waals surface area contributed by atoms with Crippen LogP contribution >= 0.6 is 23.4 Å². The van der Waals surface area contributed by atoms with E-state index in [4.69, 9.17) is 25.7 Å². The maximum absolute atomic E-state index is 14.9. The molecule has 2 aliphatic rings. The van der Waals surface area contributed by atoms with E-state index in [1.165, 1.54) is 11.8 Å². The van der Waals surface area contributed by atoms with Crippen molar-refractivity contribution < 1.29 is 13.6 Å². The molecule has 2 aromatic rings. The molecule has 0 aromatic carbocycles. The Morgan fingerprint density at radius 1 is 1.23 bits per heavy atom. The van der Waals surface area contributed by atoms with E-state index >= 15 is 0 Å². The van der Waals surface area contributed by atoms with Crippen LogP contribution in [0.4, 0.5) is 10.2 Å². The molecule has 10 heteroatoms. The number of rotatable bonds is 3. The second kappa shape index (κ2) is 8.00. The molecular weight excluding hydrogens is 455 g/mol. The summed E-state index contributed by atoms with van der Waals surface area (Å²) in [6.07, 6.45) is 4.50. The number of aromatic nitrogens is 3. The van der Waals surface area contributed by atoms with E-state index in [9.17, 15) is 4.39 Å². The molecule has 1 aliphatic carbocycles. The molecule has 31 heavy (non-hydrogen) atoms. The molecule has 0 saturated heterocycles. The minimum Gasteiger partial charge on any atom is -0.471 e. The molecule has 0 N–H and O–H groups in total. The highest BCUT2D eigenvalue weighted by Gasteiger charge is 2.47. The number of anilines is 1. The van der Waals surface area contributed by atoms with Gasteiger partial charge in [0.25, 0.3) is 0 Å². The summed E-state index contributed by atoms with van der Waals surface area (Å²) in [4.78, 5) is 15.4. The Morgan fingerprint density at radius 2 is 1.94 bits per heavy atom. The van der Waals surface area contributed by atoms with Gasteiger partial charge in [0.05, 0.1) is 12.1 Å². The average Bonchev–Trinajstić information content (AvgIpc) is 2.80. The Hall–Kier alpha value is -1.16. The second-order valence-corrected chi connectivity index (χ2v) is 15.8. The first-order valence-corrected chi connectivity index (χ1v) is 15.1.